The molecule has 196 valence electrons. The number of carbonyl (C=O) groups is 3. The first-order chi connectivity index (χ1) is 16.0. The van der Waals surface area contributed by atoms with Crippen LogP contribution in [0.5, 0.6) is 0 Å². The second-order valence-corrected chi connectivity index (χ2v) is 11.1. The Labute approximate surface area is 206 Å². The van der Waals surface area contributed by atoms with Gasteiger partial charge in [0.25, 0.3) is 0 Å². The summed E-state index contributed by atoms with van der Waals surface area (Å²) < 4.78 is 17.2. The van der Waals surface area contributed by atoms with Crippen LogP contribution in [0.3, 0.4) is 0 Å². The van der Waals surface area contributed by atoms with Gasteiger partial charge in [-0.2, -0.15) is 0 Å². The molecule has 0 amide bonds. The lowest BCUT2D eigenvalue weighted by molar-refractivity contribution is -0.233. The van der Waals surface area contributed by atoms with E-state index in [9.17, 15) is 29.7 Å². The van der Waals surface area contributed by atoms with Crippen molar-refractivity contribution in [2.75, 3.05) is 0 Å². The first kappa shape index (κ1) is 27.4. The fourth-order valence-electron chi connectivity index (χ4n) is 6.90. The second kappa shape index (κ2) is 9.33. The zero-order valence-corrected chi connectivity index (χ0v) is 21.5. The number of fused-ring (bicyclic) bond motifs is 3. The number of aliphatic hydroxyl groups is 3. The monoisotopic (exact) mass is 494 g/mol. The van der Waals surface area contributed by atoms with Crippen molar-refractivity contribution in [2.24, 2.45) is 28.6 Å². The minimum absolute atomic E-state index is 0.0747. The third kappa shape index (κ3) is 4.42. The van der Waals surface area contributed by atoms with Crippen LogP contribution in [-0.4, -0.2) is 63.7 Å². The summed E-state index contributed by atoms with van der Waals surface area (Å²) in [7, 11) is 0. The van der Waals surface area contributed by atoms with E-state index in [0.717, 1.165) is 0 Å². The first-order valence-corrected chi connectivity index (χ1v) is 12.0. The Morgan fingerprint density at radius 3 is 1.97 bits per heavy atom. The number of esters is 3. The molecule has 3 aliphatic rings. The first-order valence-electron chi connectivity index (χ1n) is 12.0. The quantitative estimate of drug-likeness (QED) is 0.305. The van der Waals surface area contributed by atoms with Gasteiger partial charge in [0, 0.05) is 56.8 Å². The van der Waals surface area contributed by atoms with E-state index in [0.29, 0.717) is 16.9 Å². The molecule has 2 bridgehead atoms. The predicted octanol–water partition coefficient (Wildman–Crippen LogP) is 2.03. The minimum atomic E-state index is -1.43. The SMILES string of the molecule is C=C1[C@@H](O)C[C@H](O)[C@@]2(C)[C@@H](O)[C@H](OC(C)=O)[C@@H]3C(C)=C(OC(C)=O)C[C@@H]([C@H](OC(C)=O)[C@H]12)C3(C)C. The fraction of sp³-hybridized carbons (Fsp3) is 0.731. The van der Waals surface area contributed by atoms with Crippen LogP contribution in [0.15, 0.2) is 23.5 Å². The molecule has 0 aromatic carbocycles. The van der Waals surface area contributed by atoms with Crippen molar-refractivity contribution in [1.82, 2.24) is 0 Å². The highest BCUT2D eigenvalue weighted by Crippen LogP contribution is 2.61. The van der Waals surface area contributed by atoms with E-state index in [-0.39, 0.29) is 12.8 Å². The molecule has 0 spiro atoms. The van der Waals surface area contributed by atoms with E-state index in [1.54, 1.807) is 13.8 Å². The molecule has 9 atom stereocenters. The molecule has 0 aromatic rings. The van der Waals surface area contributed by atoms with Crippen LogP contribution in [-0.2, 0) is 28.6 Å². The van der Waals surface area contributed by atoms with E-state index in [2.05, 4.69) is 6.58 Å². The summed E-state index contributed by atoms with van der Waals surface area (Å²) in [6.07, 6.45) is -5.61. The third-order valence-electron chi connectivity index (χ3n) is 8.60. The molecule has 0 unspecified atom stereocenters. The van der Waals surface area contributed by atoms with E-state index < -0.39 is 77.0 Å². The zero-order valence-electron chi connectivity index (χ0n) is 21.5. The number of aliphatic hydroxyl groups excluding tert-OH is 3. The summed E-state index contributed by atoms with van der Waals surface area (Å²) in [6, 6.07) is 0. The van der Waals surface area contributed by atoms with Crippen LogP contribution >= 0.6 is 0 Å². The van der Waals surface area contributed by atoms with Crippen LogP contribution in [0, 0.1) is 28.6 Å². The lowest BCUT2D eigenvalue weighted by atomic mass is 9.47. The molecule has 9 heteroatoms. The maximum Gasteiger partial charge on any atom is 0.307 e. The second-order valence-electron chi connectivity index (χ2n) is 11.1. The van der Waals surface area contributed by atoms with Gasteiger partial charge >= 0.3 is 17.9 Å². The topological polar surface area (TPSA) is 140 Å². The molecule has 0 saturated heterocycles. The van der Waals surface area contributed by atoms with Gasteiger partial charge < -0.3 is 29.5 Å². The average molecular weight is 495 g/mol. The molecule has 0 radical (unpaired) electrons. The Morgan fingerprint density at radius 1 is 0.914 bits per heavy atom. The Hall–Kier alpha value is -2.23. The molecular weight excluding hydrogens is 456 g/mol. The van der Waals surface area contributed by atoms with E-state index in [1.165, 1.54) is 20.8 Å². The van der Waals surface area contributed by atoms with E-state index in [1.807, 2.05) is 13.8 Å². The van der Waals surface area contributed by atoms with Gasteiger partial charge in [-0.25, -0.2) is 0 Å². The summed E-state index contributed by atoms with van der Waals surface area (Å²) in [5, 5.41) is 33.9. The van der Waals surface area contributed by atoms with Crippen molar-refractivity contribution in [3.8, 4) is 0 Å². The molecule has 3 aliphatic carbocycles. The molecule has 3 rings (SSSR count). The molecule has 2 saturated carbocycles. The normalized spacial score (nSPS) is 40.7. The summed E-state index contributed by atoms with van der Waals surface area (Å²) in [6.45, 7) is 15.1. The fourth-order valence-corrected chi connectivity index (χ4v) is 6.90. The molecule has 3 N–H and O–H groups in total. The van der Waals surface area contributed by atoms with Gasteiger partial charge in [0.15, 0.2) is 0 Å². The van der Waals surface area contributed by atoms with Gasteiger partial charge in [-0.3, -0.25) is 14.4 Å². The minimum Gasteiger partial charge on any atom is -0.462 e. The average Bonchev–Trinajstić information content (AvgIpc) is 2.71. The van der Waals surface area contributed by atoms with Crippen molar-refractivity contribution in [3.63, 3.8) is 0 Å². The van der Waals surface area contributed by atoms with Crippen molar-refractivity contribution in [3.05, 3.63) is 23.5 Å². The van der Waals surface area contributed by atoms with Crippen LogP contribution < -0.4 is 0 Å². The van der Waals surface area contributed by atoms with Gasteiger partial charge in [0.2, 0.25) is 0 Å². The molecule has 0 aliphatic heterocycles. The maximum absolute atomic E-state index is 12.3. The Bertz CT molecular complexity index is 950. The molecule has 0 heterocycles. The van der Waals surface area contributed by atoms with Crippen molar-refractivity contribution in [2.45, 2.75) is 91.8 Å². The standard InChI is InChI=1S/C26H38O9/c1-11-17(30)10-19(31)26(8)21(11)22(34-14(4)28)16-9-18(33-13(3)27)12(2)20(25(16,6)7)23(24(26)32)35-15(5)29/h16-17,19-24,30-32H,1,9-10H2,2-8H3/t16-,17-,19-,20-,21-,22-,23+,24-,26+/m0/s1. The number of ether oxygens (including phenoxy) is 3. The lowest BCUT2D eigenvalue weighted by Gasteiger charge is -2.61. The van der Waals surface area contributed by atoms with Gasteiger partial charge in [-0.1, -0.05) is 27.4 Å². The molecular formula is C26H38O9. The van der Waals surface area contributed by atoms with Crippen LogP contribution in [0.2, 0.25) is 0 Å². The Balaban J connectivity index is 2.37. The number of allylic oxidation sites excluding steroid dienone is 1. The molecule has 0 aromatic heterocycles. The number of carbonyl (C=O) groups excluding carboxylic acids is 3. The third-order valence-corrected chi connectivity index (χ3v) is 8.60. The summed E-state index contributed by atoms with van der Waals surface area (Å²) >= 11 is 0. The summed E-state index contributed by atoms with van der Waals surface area (Å²) in [4.78, 5) is 36.5. The highest BCUT2D eigenvalue weighted by atomic mass is 16.6. The van der Waals surface area contributed by atoms with Crippen molar-refractivity contribution < 1.29 is 43.9 Å². The van der Waals surface area contributed by atoms with Gasteiger partial charge in [-0.05, 0) is 23.5 Å². The van der Waals surface area contributed by atoms with Crippen LogP contribution in [0.1, 0.15) is 61.3 Å². The molecule has 9 nitrogen and oxygen atoms in total. The number of hydrogen-bond acceptors (Lipinski definition) is 9. The highest BCUT2D eigenvalue weighted by Gasteiger charge is 2.66. The van der Waals surface area contributed by atoms with Crippen LogP contribution in [0.25, 0.3) is 0 Å². The summed E-state index contributed by atoms with van der Waals surface area (Å²) in [5.41, 5.74) is -1.15. The number of rotatable bonds is 3. The molecule has 2 fully saturated rings. The van der Waals surface area contributed by atoms with E-state index in [4.69, 9.17) is 14.2 Å². The van der Waals surface area contributed by atoms with Crippen molar-refractivity contribution in [1.29, 1.82) is 0 Å². The van der Waals surface area contributed by atoms with Crippen molar-refractivity contribution >= 4 is 17.9 Å². The highest BCUT2D eigenvalue weighted by molar-refractivity contribution is 5.68. The smallest absolute Gasteiger partial charge is 0.307 e. The Morgan fingerprint density at radius 2 is 1.46 bits per heavy atom. The lowest BCUT2D eigenvalue weighted by Crippen LogP contribution is -2.68. The van der Waals surface area contributed by atoms with Gasteiger partial charge in [0.1, 0.15) is 24.1 Å². The van der Waals surface area contributed by atoms with Crippen LogP contribution in [0.4, 0.5) is 0 Å². The number of hydrogen-bond donors (Lipinski definition) is 3. The zero-order chi connectivity index (χ0) is 26.6. The Kier molecular flexibility index (Phi) is 7.30. The van der Waals surface area contributed by atoms with Gasteiger partial charge in [0.05, 0.1) is 12.2 Å². The predicted molar refractivity (Wildman–Crippen MR) is 124 cm³/mol. The molecule has 35 heavy (non-hydrogen) atoms. The maximum atomic E-state index is 12.3. The van der Waals surface area contributed by atoms with Gasteiger partial charge in [-0.15, -0.1) is 0 Å². The summed E-state index contributed by atoms with van der Waals surface area (Å²) in [5.74, 6) is -3.34. The largest absolute Gasteiger partial charge is 0.462 e. The van der Waals surface area contributed by atoms with E-state index >= 15 is 0 Å².